The molecular weight excluding hydrogens is 283 g/mol. The molecule has 1 aromatic heterocycles. The number of hydrogen-bond acceptors (Lipinski definition) is 4. The van der Waals surface area contributed by atoms with Crippen LogP contribution in [-0.4, -0.2) is 16.5 Å². The minimum absolute atomic E-state index is 0.170. The first-order chi connectivity index (χ1) is 10.1. The summed E-state index contributed by atoms with van der Waals surface area (Å²) in [4.78, 5) is 8.11. The predicted octanol–water partition coefficient (Wildman–Crippen LogP) is 2.93. The zero-order valence-electron chi connectivity index (χ0n) is 10.9. The first-order valence-corrected chi connectivity index (χ1v) is 6.43. The monoisotopic (exact) mass is 295 g/mol. The molecule has 0 saturated carbocycles. The van der Waals surface area contributed by atoms with Crippen molar-refractivity contribution in [3.8, 4) is 11.6 Å². The molecular formula is C14H12F3N3O. The Labute approximate surface area is 119 Å². The van der Waals surface area contributed by atoms with Crippen LogP contribution in [0.25, 0.3) is 0 Å². The van der Waals surface area contributed by atoms with Gasteiger partial charge in [-0.05, 0) is 12.1 Å². The molecule has 1 aliphatic rings. The highest BCUT2D eigenvalue weighted by Gasteiger charge is 2.34. The number of ether oxygens (including phenoxy) is 1. The summed E-state index contributed by atoms with van der Waals surface area (Å²) in [5, 5.41) is 3.13. The highest BCUT2D eigenvalue weighted by atomic mass is 19.4. The summed E-state index contributed by atoms with van der Waals surface area (Å²) in [5.74, 6) is -0.0830. The largest absolute Gasteiger partial charge is 0.438 e. The van der Waals surface area contributed by atoms with Crippen molar-refractivity contribution in [2.24, 2.45) is 0 Å². The first kappa shape index (κ1) is 13.8. The van der Waals surface area contributed by atoms with Crippen LogP contribution in [0.3, 0.4) is 0 Å². The summed E-state index contributed by atoms with van der Waals surface area (Å²) in [6.07, 6.45) is -2.45. The summed E-state index contributed by atoms with van der Waals surface area (Å²) in [7, 11) is 0. The molecule has 7 heteroatoms. The number of nitrogens with zero attached hydrogens (tertiary/aromatic N) is 2. The molecule has 0 spiro atoms. The summed E-state index contributed by atoms with van der Waals surface area (Å²) in [5.41, 5.74) is 0.699. The van der Waals surface area contributed by atoms with Crippen LogP contribution in [0.2, 0.25) is 0 Å². The van der Waals surface area contributed by atoms with Gasteiger partial charge in [-0.3, -0.25) is 0 Å². The van der Waals surface area contributed by atoms with E-state index in [1.54, 1.807) is 0 Å². The fourth-order valence-electron chi connectivity index (χ4n) is 2.23. The normalized spacial score (nSPS) is 14.6. The predicted molar refractivity (Wildman–Crippen MR) is 69.0 cm³/mol. The lowest BCUT2D eigenvalue weighted by Gasteiger charge is -2.19. The van der Waals surface area contributed by atoms with Gasteiger partial charge in [0, 0.05) is 19.5 Å². The van der Waals surface area contributed by atoms with Crippen LogP contribution >= 0.6 is 0 Å². The Kier molecular flexibility index (Phi) is 3.50. The molecule has 0 unspecified atom stereocenters. The maximum absolute atomic E-state index is 13.0. The lowest BCUT2D eigenvalue weighted by molar-refractivity contribution is -0.138. The van der Waals surface area contributed by atoms with E-state index in [1.165, 1.54) is 24.5 Å². The lowest BCUT2D eigenvalue weighted by atomic mass is 10.1. The third-order valence-corrected chi connectivity index (χ3v) is 3.23. The molecule has 1 aliphatic heterocycles. The molecule has 110 valence electrons. The number of aromatic nitrogens is 2. The molecule has 1 N–H and O–H groups in total. The third-order valence-electron chi connectivity index (χ3n) is 3.23. The van der Waals surface area contributed by atoms with Crippen molar-refractivity contribution in [2.45, 2.75) is 19.1 Å². The number of benzene rings is 1. The molecule has 0 amide bonds. The van der Waals surface area contributed by atoms with E-state index >= 15 is 0 Å². The Bertz CT molecular complexity index is 658. The van der Waals surface area contributed by atoms with Crippen molar-refractivity contribution < 1.29 is 17.9 Å². The molecule has 0 radical (unpaired) electrons. The first-order valence-electron chi connectivity index (χ1n) is 6.43. The van der Waals surface area contributed by atoms with Crippen molar-refractivity contribution in [3.05, 3.63) is 47.4 Å². The third kappa shape index (κ3) is 2.82. The highest BCUT2D eigenvalue weighted by molar-refractivity contribution is 5.41. The standard InChI is InChI=1S/C14H12F3N3O/c15-14(16,17)10-3-1-2-4-12(10)21-13-9-7-18-6-5-11(9)19-8-20-13/h1-4,8,18H,5-7H2. The van der Waals surface area contributed by atoms with Gasteiger partial charge < -0.3 is 10.1 Å². The zero-order chi connectivity index (χ0) is 14.9. The van der Waals surface area contributed by atoms with Gasteiger partial charge in [-0.2, -0.15) is 13.2 Å². The number of rotatable bonds is 2. The van der Waals surface area contributed by atoms with Gasteiger partial charge in [0.05, 0.1) is 16.8 Å². The summed E-state index contributed by atoms with van der Waals surface area (Å²) in [6.45, 7) is 1.27. The van der Waals surface area contributed by atoms with Crippen LogP contribution < -0.4 is 10.1 Å². The van der Waals surface area contributed by atoms with Gasteiger partial charge in [0.25, 0.3) is 0 Å². The van der Waals surface area contributed by atoms with Gasteiger partial charge in [-0.15, -0.1) is 0 Å². The number of halogens is 3. The summed E-state index contributed by atoms with van der Waals surface area (Å²) < 4.78 is 44.3. The maximum Gasteiger partial charge on any atom is 0.419 e. The molecule has 0 atom stereocenters. The fraction of sp³-hybridized carbons (Fsp3) is 0.286. The van der Waals surface area contributed by atoms with Crippen molar-refractivity contribution >= 4 is 0 Å². The van der Waals surface area contributed by atoms with Crippen molar-refractivity contribution in [1.29, 1.82) is 0 Å². The molecule has 3 rings (SSSR count). The zero-order valence-corrected chi connectivity index (χ0v) is 10.9. The fourth-order valence-corrected chi connectivity index (χ4v) is 2.23. The van der Waals surface area contributed by atoms with Crippen LogP contribution in [0.1, 0.15) is 16.8 Å². The number of alkyl halides is 3. The second-order valence-electron chi connectivity index (χ2n) is 4.63. The van der Waals surface area contributed by atoms with E-state index in [0.29, 0.717) is 18.5 Å². The number of para-hydroxylation sites is 1. The van der Waals surface area contributed by atoms with Crippen LogP contribution in [-0.2, 0) is 19.1 Å². The Morgan fingerprint density at radius 3 is 2.76 bits per heavy atom. The van der Waals surface area contributed by atoms with E-state index < -0.39 is 11.7 Å². The number of fused-ring (bicyclic) bond motifs is 1. The van der Waals surface area contributed by atoms with Crippen LogP contribution in [0.15, 0.2) is 30.6 Å². The van der Waals surface area contributed by atoms with Crippen LogP contribution in [0, 0.1) is 0 Å². The van der Waals surface area contributed by atoms with Gasteiger partial charge in [0.1, 0.15) is 12.1 Å². The SMILES string of the molecule is FC(F)(F)c1ccccc1Oc1ncnc2c1CNCC2. The van der Waals surface area contributed by atoms with Gasteiger partial charge >= 0.3 is 6.18 Å². The second-order valence-corrected chi connectivity index (χ2v) is 4.63. The molecule has 2 aromatic rings. The molecule has 0 aliphatic carbocycles. The van der Waals surface area contributed by atoms with Crippen LogP contribution in [0.4, 0.5) is 13.2 Å². The maximum atomic E-state index is 13.0. The van der Waals surface area contributed by atoms with Gasteiger partial charge in [-0.1, -0.05) is 12.1 Å². The van der Waals surface area contributed by atoms with E-state index in [0.717, 1.165) is 18.3 Å². The minimum atomic E-state index is -4.47. The number of hydrogen-bond donors (Lipinski definition) is 1. The quantitative estimate of drug-likeness (QED) is 0.925. The molecule has 4 nitrogen and oxygen atoms in total. The van der Waals surface area contributed by atoms with Crippen molar-refractivity contribution in [3.63, 3.8) is 0 Å². The van der Waals surface area contributed by atoms with E-state index in [4.69, 9.17) is 4.74 Å². The topological polar surface area (TPSA) is 47.0 Å². The molecule has 0 fully saturated rings. The highest BCUT2D eigenvalue weighted by Crippen LogP contribution is 2.38. The van der Waals surface area contributed by atoms with Crippen LogP contribution in [0.5, 0.6) is 11.6 Å². The van der Waals surface area contributed by atoms with E-state index in [-0.39, 0.29) is 11.6 Å². The summed E-state index contributed by atoms with van der Waals surface area (Å²) >= 11 is 0. The Hall–Kier alpha value is -2.15. The summed E-state index contributed by atoms with van der Waals surface area (Å²) in [6, 6.07) is 5.10. The van der Waals surface area contributed by atoms with E-state index in [9.17, 15) is 13.2 Å². The van der Waals surface area contributed by atoms with E-state index in [1.807, 2.05) is 0 Å². The second kappa shape index (κ2) is 5.33. The smallest absolute Gasteiger partial charge is 0.419 e. The number of nitrogens with one attached hydrogen (secondary N) is 1. The molecule has 2 heterocycles. The van der Waals surface area contributed by atoms with E-state index in [2.05, 4.69) is 15.3 Å². The minimum Gasteiger partial charge on any atom is -0.438 e. The van der Waals surface area contributed by atoms with Gasteiger partial charge in [0.2, 0.25) is 5.88 Å². The van der Waals surface area contributed by atoms with Gasteiger partial charge in [-0.25, -0.2) is 9.97 Å². The molecule has 21 heavy (non-hydrogen) atoms. The lowest BCUT2D eigenvalue weighted by Crippen LogP contribution is -2.25. The molecule has 1 aromatic carbocycles. The average molecular weight is 295 g/mol. The Balaban J connectivity index is 1.99. The Morgan fingerprint density at radius 1 is 1.14 bits per heavy atom. The average Bonchev–Trinajstić information content (AvgIpc) is 2.47. The van der Waals surface area contributed by atoms with Crippen molar-refractivity contribution in [2.75, 3.05) is 6.54 Å². The molecule has 0 saturated heterocycles. The molecule has 0 bridgehead atoms. The Morgan fingerprint density at radius 2 is 1.95 bits per heavy atom. The van der Waals surface area contributed by atoms with Crippen molar-refractivity contribution in [1.82, 2.24) is 15.3 Å². The van der Waals surface area contributed by atoms with Gasteiger partial charge in [0.15, 0.2) is 0 Å².